The van der Waals surface area contributed by atoms with E-state index in [1.807, 2.05) is 0 Å². The van der Waals surface area contributed by atoms with Gasteiger partial charge in [0.25, 0.3) is 6.45 Å². The molecular formula is C6H12O4S2. The molecule has 4 nitrogen and oxygen atoms in total. The van der Waals surface area contributed by atoms with E-state index >= 15 is 0 Å². The molecule has 12 heavy (non-hydrogen) atoms. The third-order valence-electron chi connectivity index (χ3n) is 1.22. The highest BCUT2D eigenvalue weighted by Gasteiger charge is 2.18. The minimum atomic E-state index is -3.14. The minimum Gasteiger partial charge on any atom is -0.464 e. The van der Waals surface area contributed by atoms with Crippen molar-refractivity contribution in [3.8, 4) is 0 Å². The molecule has 72 valence electrons. The maximum absolute atomic E-state index is 10.8. The molecule has 0 N–H and O–H groups in total. The van der Waals surface area contributed by atoms with E-state index in [0.717, 1.165) is 17.0 Å². The SMILES string of the molecule is [2H]C(=O)OC(C)C(C)SS(C)(=O)=O. The van der Waals surface area contributed by atoms with Crippen LogP contribution < -0.4 is 0 Å². The predicted molar refractivity (Wildman–Crippen MR) is 48.5 cm³/mol. The Hall–Kier alpha value is -0.230. The molecule has 2 atom stereocenters. The molecule has 0 saturated heterocycles. The van der Waals surface area contributed by atoms with Crippen LogP contribution in [0.25, 0.3) is 0 Å². The van der Waals surface area contributed by atoms with Gasteiger partial charge in [0.15, 0.2) is 10.2 Å². The summed E-state index contributed by atoms with van der Waals surface area (Å²) in [6.07, 6.45) is -0.637. The summed E-state index contributed by atoms with van der Waals surface area (Å²) in [5.41, 5.74) is 0. The Labute approximate surface area is 77.4 Å². The first-order chi connectivity index (χ1) is 5.72. The highest BCUT2D eigenvalue weighted by molar-refractivity contribution is 8.72. The molecule has 0 aromatic heterocycles. The van der Waals surface area contributed by atoms with Crippen molar-refractivity contribution in [2.24, 2.45) is 0 Å². The summed E-state index contributed by atoms with van der Waals surface area (Å²) in [6.45, 7) is 3.18. The van der Waals surface area contributed by atoms with Crippen LogP contribution >= 0.6 is 10.8 Å². The largest absolute Gasteiger partial charge is 0.464 e. The number of carbonyl (C=O) groups is 1. The van der Waals surface area contributed by atoms with Crippen LogP contribution in [0.1, 0.15) is 15.2 Å². The predicted octanol–water partition coefficient (Wildman–Crippen LogP) is 0.629. The number of rotatable bonds is 4. The van der Waals surface area contributed by atoms with Gasteiger partial charge in [-0.15, -0.1) is 0 Å². The van der Waals surface area contributed by atoms with E-state index in [2.05, 4.69) is 4.74 Å². The topological polar surface area (TPSA) is 60.4 Å². The third-order valence-corrected chi connectivity index (χ3v) is 4.22. The van der Waals surface area contributed by atoms with Crippen LogP contribution in [-0.4, -0.2) is 32.5 Å². The quantitative estimate of drug-likeness (QED) is 0.506. The number of ether oxygens (including phenoxy) is 1. The highest BCUT2D eigenvalue weighted by atomic mass is 33.1. The first-order valence-corrected chi connectivity index (χ1v) is 6.56. The number of hydrogen-bond acceptors (Lipinski definition) is 5. The van der Waals surface area contributed by atoms with E-state index in [0.29, 0.717) is 0 Å². The molecule has 0 aliphatic heterocycles. The average Bonchev–Trinajstić information content (AvgIpc) is 1.81. The maximum atomic E-state index is 10.8. The molecule has 0 aliphatic carbocycles. The summed E-state index contributed by atoms with van der Waals surface area (Å²) in [6, 6.07) is 0. The van der Waals surface area contributed by atoms with Gasteiger partial charge in [-0.05, 0) is 24.6 Å². The summed E-state index contributed by atoms with van der Waals surface area (Å²) in [5, 5.41) is -0.371. The fourth-order valence-corrected chi connectivity index (χ4v) is 3.41. The van der Waals surface area contributed by atoms with Crippen LogP contribution in [0.15, 0.2) is 0 Å². The first-order valence-electron chi connectivity index (χ1n) is 3.78. The molecule has 0 bridgehead atoms. The van der Waals surface area contributed by atoms with Crippen LogP contribution in [-0.2, 0) is 18.4 Å². The second kappa shape index (κ2) is 4.71. The molecule has 0 fully saturated rings. The van der Waals surface area contributed by atoms with E-state index in [1.165, 1.54) is 0 Å². The van der Waals surface area contributed by atoms with Gasteiger partial charge >= 0.3 is 0 Å². The Bertz CT molecular complexity index is 274. The van der Waals surface area contributed by atoms with E-state index in [4.69, 9.17) is 1.37 Å². The van der Waals surface area contributed by atoms with Crippen LogP contribution in [0.4, 0.5) is 0 Å². The van der Waals surface area contributed by atoms with Crippen molar-refractivity contribution in [2.75, 3.05) is 6.26 Å². The Morgan fingerprint density at radius 1 is 1.58 bits per heavy atom. The third kappa shape index (κ3) is 5.42. The molecular weight excluding hydrogens is 200 g/mol. The Balaban J connectivity index is 4.11. The molecule has 0 heterocycles. The molecule has 0 radical (unpaired) electrons. The Morgan fingerprint density at radius 3 is 2.42 bits per heavy atom. The molecule has 6 heteroatoms. The summed E-state index contributed by atoms with van der Waals surface area (Å²) >= 11 is 0. The number of hydrogen-bond donors (Lipinski definition) is 0. The maximum Gasteiger partial charge on any atom is 0.293 e. The highest BCUT2D eigenvalue weighted by Crippen LogP contribution is 2.21. The van der Waals surface area contributed by atoms with Gasteiger partial charge in [-0.3, -0.25) is 4.79 Å². The summed E-state index contributed by atoms with van der Waals surface area (Å²) in [5.74, 6) is 0. The molecule has 0 aliphatic rings. The van der Waals surface area contributed by atoms with Crippen molar-refractivity contribution in [3.05, 3.63) is 0 Å². The molecule has 2 unspecified atom stereocenters. The lowest BCUT2D eigenvalue weighted by Gasteiger charge is -2.15. The molecule has 0 aromatic carbocycles. The Morgan fingerprint density at radius 2 is 2.08 bits per heavy atom. The van der Waals surface area contributed by atoms with Gasteiger partial charge in [0.2, 0.25) is 0 Å². The zero-order chi connectivity index (χ0) is 10.6. The van der Waals surface area contributed by atoms with Crippen molar-refractivity contribution in [1.82, 2.24) is 0 Å². The van der Waals surface area contributed by atoms with Crippen LogP contribution in [0.2, 0.25) is 0 Å². The molecule has 0 saturated carbocycles. The monoisotopic (exact) mass is 213 g/mol. The van der Waals surface area contributed by atoms with Crippen molar-refractivity contribution in [1.29, 1.82) is 0 Å². The van der Waals surface area contributed by atoms with Crippen molar-refractivity contribution < 1.29 is 19.3 Å². The lowest BCUT2D eigenvalue weighted by Crippen LogP contribution is -2.21. The van der Waals surface area contributed by atoms with Gasteiger partial charge in [-0.2, -0.15) is 0 Å². The van der Waals surface area contributed by atoms with Crippen molar-refractivity contribution in [3.63, 3.8) is 0 Å². The zero-order valence-electron chi connectivity index (χ0n) is 8.10. The van der Waals surface area contributed by atoms with E-state index < -0.39 is 21.4 Å². The summed E-state index contributed by atoms with van der Waals surface area (Å²) < 4.78 is 32.6. The van der Waals surface area contributed by atoms with E-state index in [1.54, 1.807) is 13.8 Å². The number of carbonyl (C=O) groups excluding carboxylic acids is 1. The second-order valence-corrected chi connectivity index (χ2v) is 7.15. The zero-order valence-corrected chi connectivity index (χ0v) is 8.74. The second-order valence-electron chi connectivity index (χ2n) is 2.41. The van der Waals surface area contributed by atoms with Gasteiger partial charge in [-0.1, -0.05) is 0 Å². The van der Waals surface area contributed by atoms with Crippen molar-refractivity contribution in [2.45, 2.75) is 25.2 Å². The van der Waals surface area contributed by atoms with Crippen molar-refractivity contribution >= 4 is 26.1 Å². The van der Waals surface area contributed by atoms with E-state index in [9.17, 15) is 13.2 Å². The van der Waals surface area contributed by atoms with Gasteiger partial charge in [0.05, 0.1) is 5.25 Å². The lowest BCUT2D eigenvalue weighted by molar-refractivity contribution is -0.132. The fourth-order valence-electron chi connectivity index (χ4n) is 0.526. The first kappa shape index (κ1) is 9.85. The molecule has 0 aromatic rings. The van der Waals surface area contributed by atoms with Crippen LogP contribution in [0, 0.1) is 0 Å². The van der Waals surface area contributed by atoms with Gasteiger partial charge in [0, 0.05) is 6.26 Å². The lowest BCUT2D eigenvalue weighted by atomic mass is 10.3. The average molecular weight is 213 g/mol. The summed E-state index contributed by atoms with van der Waals surface area (Å²) in [7, 11) is -2.42. The van der Waals surface area contributed by atoms with Crippen LogP contribution in [0.5, 0.6) is 0 Å². The summed E-state index contributed by atoms with van der Waals surface area (Å²) in [4.78, 5) is 10.2. The normalized spacial score (nSPS) is 17.8. The van der Waals surface area contributed by atoms with Gasteiger partial charge < -0.3 is 4.74 Å². The standard InChI is InChI=1S/C6H12O4S2/c1-5(10-4-7)6(2)11-12(3,8)9/h4-6H,1-3H3/i4D. The molecule has 0 spiro atoms. The van der Waals surface area contributed by atoms with Crippen LogP contribution in [0.3, 0.4) is 0 Å². The Kier molecular flexibility index (Phi) is 3.87. The molecule has 0 amide bonds. The smallest absolute Gasteiger partial charge is 0.293 e. The molecule has 0 rings (SSSR count). The van der Waals surface area contributed by atoms with E-state index in [-0.39, 0.29) is 5.25 Å². The fraction of sp³-hybridized carbons (Fsp3) is 0.833. The van der Waals surface area contributed by atoms with Gasteiger partial charge in [-0.25, -0.2) is 8.42 Å². The minimum absolute atomic E-state index is 0.371. The van der Waals surface area contributed by atoms with Gasteiger partial charge in [0.1, 0.15) is 6.10 Å².